The number of benzene rings is 4. The Morgan fingerprint density at radius 2 is 0.708 bits per heavy atom. The van der Waals surface area contributed by atoms with Crippen LogP contribution in [0.3, 0.4) is 0 Å². The molecule has 113 heavy (non-hydrogen) atoms. The summed E-state index contributed by atoms with van der Waals surface area (Å²) in [7, 11) is 6.97. The Balaban J connectivity index is 0.000000300. The predicted octanol–water partition coefficient (Wildman–Crippen LogP) is 13.5. The molecule has 7 radical (unpaired) electrons. The van der Waals surface area contributed by atoms with Gasteiger partial charge in [0, 0.05) is 301 Å². The molecule has 6 aliphatic rings. The first-order valence-corrected chi connectivity index (χ1v) is 39.5. The van der Waals surface area contributed by atoms with Gasteiger partial charge >= 0.3 is 0 Å². The molecule has 4 aliphatic heterocycles. The van der Waals surface area contributed by atoms with Crippen LogP contribution in [0.25, 0.3) is 87.2 Å². The molecule has 2 aliphatic carbocycles. The van der Waals surface area contributed by atoms with Crippen molar-refractivity contribution in [3.05, 3.63) is 139 Å². The van der Waals surface area contributed by atoms with Crippen LogP contribution >= 0.6 is 0 Å². The third-order valence-electron chi connectivity index (χ3n) is 20.3. The van der Waals surface area contributed by atoms with Gasteiger partial charge in [0.25, 0.3) is 0 Å². The Morgan fingerprint density at radius 3 is 1.04 bits per heavy atom. The van der Waals surface area contributed by atoms with Crippen LogP contribution < -0.4 is 88.4 Å². The molecule has 12 heterocycles. The van der Waals surface area contributed by atoms with Crippen LogP contribution in [0.4, 0.5) is 46.5 Å². The summed E-state index contributed by atoms with van der Waals surface area (Å²) in [4.78, 5) is 110. The van der Waals surface area contributed by atoms with Crippen LogP contribution in [0, 0.1) is 11.3 Å². The minimum atomic E-state index is -0.245. The minimum absolute atomic E-state index is 0. The van der Waals surface area contributed by atoms with Crippen LogP contribution in [-0.4, -0.2) is 141 Å². The summed E-state index contributed by atoms with van der Waals surface area (Å²) in [5.74, 6) is 2.69. The van der Waals surface area contributed by atoms with Gasteiger partial charge in [-0.1, -0.05) is 120 Å². The van der Waals surface area contributed by atoms with Gasteiger partial charge in [0.2, 0.25) is 0 Å². The molecule has 1 spiro atoms. The second-order valence-electron chi connectivity index (χ2n) is 26.0. The van der Waals surface area contributed by atoms with Crippen molar-refractivity contribution >= 4 is 142 Å². The van der Waals surface area contributed by atoms with Crippen LogP contribution in [0.2, 0.25) is 0 Å². The zero-order chi connectivity index (χ0) is 77.6. The van der Waals surface area contributed by atoms with Gasteiger partial charge in [-0.25, -0.2) is 19.9 Å². The maximum Gasteiger partial charge on any atom is 0.179 e. The number of aromatic nitrogens is 12. The molecule has 12 aromatic rings. The summed E-state index contributed by atoms with van der Waals surface area (Å²) in [6, 6.07) is 24.9. The van der Waals surface area contributed by atoms with E-state index in [0.29, 0.717) is 79.4 Å². The number of nitrogens with zero attached hydrogens (tertiary/aromatic N) is 16. The Kier molecular flexibility index (Phi) is 42.7. The molecule has 8 aromatic heterocycles. The molecule has 591 valence electrons. The summed E-state index contributed by atoms with van der Waals surface area (Å²) in [5.41, 5.74) is 5.78. The van der Waals surface area contributed by atoms with E-state index in [0.717, 1.165) is 131 Å². The zero-order valence-corrected chi connectivity index (χ0v) is 80.6. The summed E-state index contributed by atoms with van der Waals surface area (Å²) in [6.45, 7) is 33.2. The van der Waals surface area contributed by atoms with Gasteiger partial charge < -0.3 is 86.1 Å². The number of nitrogens with one attached hydrogen (secondary N) is 5. The first-order valence-electron chi connectivity index (χ1n) is 39.5. The standard InChI is InChI=1S/C20H23N5O.C18H19N5O.C17H19N5O.C16H18N6O.6C2H6.B.4Y/c1-21-19-22-11-16-14-5-4-13(10-15(14)18(26)23-17(16)24-19)25-9-8-20(12-25)6-2-3-7-20;1-19-18-20-8-15-13-5-4-12(23-9-10-2-3-11(23)6-10)7-14(13)17(24)21-16(15)22-18;1-18-17-19-10-14-12-6-5-11(22-7-3-2-4-8-22)9-13(12)16(23)20-15(14)21-17;1-17-16-19-9-13-11-3-2-10(22-6-4-18-5-7-22)8-12(11)15(23)20-14(13)21-16;6*1-2;;;;;/h4-5,10-11H,2-3,6-9,12H2,1H3,(H2,21,22,23,24,26);4-5,7-8,10-11H,2-3,6,9H2,1H3,(H2,19,20,21,22,24);5-6,9-10H,2-4,7-8H2,1H3,(H2,18,19,20,21,23);2-3,8-9,18H,4-7H2,1H3,(H2,17,19,20,21,23);6*1-2H3;;;;;/p-4. The quantitative estimate of drug-likeness (QED) is 0.0697. The van der Waals surface area contributed by atoms with Gasteiger partial charge in [-0.05, 0) is 183 Å². The third-order valence-corrected chi connectivity index (χ3v) is 20.3. The fourth-order valence-electron chi connectivity index (χ4n) is 15.2. The molecule has 0 amide bonds. The molecule has 2 bridgehead atoms. The van der Waals surface area contributed by atoms with E-state index in [9.17, 15) is 19.2 Å². The Hall–Kier alpha value is -6.08. The van der Waals surface area contributed by atoms with Gasteiger partial charge in [-0.15, -0.1) is 0 Å². The number of hydrogen-bond donors (Lipinski definition) is 5. The normalized spacial score (nSPS) is 15.7. The van der Waals surface area contributed by atoms with E-state index in [1.165, 1.54) is 70.6 Å². The van der Waals surface area contributed by atoms with Crippen molar-refractivity contribution in [1.29, 1.82) is 0 Å². The molecule has 2 atom stereocenters. The van der Waals surface area contributed by atoms with Crippen LogP contribution in [0.15, 0.2) is 117 Å². The van der Waals surface area contributed by atoms with Crippen molar-refractivity contribution in [2.75, 3.05) is 128 Å². The SMILES string of the molecule is CC.CC.CC.CC.CC.CC.CNc1ncc2c(n1)[n-]c(=O)c1cc(N3CC4CCC3C4)ccc12.CNc1ncc2c(n1)[n-]c(=O)c1cc(N3CCC4(CCCC4)C3)ccc12.CNc1ncc2c(n1)[n-]c(=O)c1cc(N3CCCCC3)ccc12.CNc1ncc2c(n1)[n-]c(=O)c1cc(N3CCNCC3)ccc12.[B].[Y].[Y].[Y].[Y]. The summed E-state index contributed by atoms with van der Waals surface area (Å²) in [6.07, 6.45) is 21.2. The molecule has 18 rings (SSSR count). The number of piperidine rings is 2. The van der Waals surface area contributed by atoms with Crippen molar-refractivity contribution in [3.63, 3.8) is 0 Å². The van der Waals surface area contributed by atoms with Crippen LogP contribution in [-0.2, 0) is 131 Å². The summed E-state index contributed by atoms with van der Waals surface area (Å²) < 4.78 is 0. The number of fused-ring (bicyclic) bond motifs is 14. The maximum atomic E-state index is 12.6. The van der Waals surface area contributed by atoms with Crippen molar-refractivity contribution in [1.82, 2.24) is 65.1 Å². The second-order valence-corrected chi connectivity index (χ2v) is 26.0. The summed E-state index contributed by atoms with van der Waals surface area (Å²) >= 11 is 0. The van der Waals surface area contributed by atoms with Crippen molar-refractivity contribution in [3.8, 4) is 0 Å². The Bertz CT molecular complexity index is 5090. The van der Waals surface area contributed by atoms with Gasteiger partial charge in [0.15, 0.2) is 22.2 Å². The molecule has 4 saturated heterocycles. The smallest absolute Gasteiger partial charge is 0.179 e. The number of pyridine rings is 4. The summed E-state index contributed by atoms with van der Waals surface area (Å²) in [5, 5.41) is 24.1. The molecule has 5 N–H and O–H groups in total. The van der Waals surface area contributed by atoms with Crippen molar-refractivity contribution in [2.24, 2.45) is 11.3 Å². The third kappa shape index (κ3) is 23.0. The van der Waals surface area contributed by atoms with Crippen LogP contribution in [0.5, 0.6) is 0 Å². The van der Waals surface area contributed by atoms with Gasteiger partial charge in [0.05, 0.1) is 0 Å². The monoisotopic (exact) mass is 1830 g/mol. The topological polar surface area (TPSA) is 301 Å². The first-order chi connectivity index (χ1) is 52.9. The van der Waals surface area contributed by atoms with E-state index in [1.807, 2.05) is 132 Å². The number of hydrogen-bond acceptors (Lipinski definition) is 21. The van der Waals surface area contributed by atoms with Gasteiger partial charge in [-0.2, -0.15) is 0 Å². The average molecular weight is 1830 g/mol. The van der Waals surface area contributed by atoms with Gasteiger partial charge in [-0.3, -0.25) is 19.2 Å². The van der Waals surface area contributed by atoms with Crippen molar-refractivity contribution < 1.29 is 131 Å². The van der Waals surface area contributed by atoms with E-state index in [2.05, 4.69) is 130 Å². The molecule has 30 heteroatoms. The van der Waals surface area contributed by atoms with E-state index in [1.54, 1.807) is 53.0 Å². The molecular weight excluding hydrogens is 1720 g/mol. The zero-order valence-electron chi connectivity index (χ0n) is 69.2. The number of piperazine rings is 1. The Morgan fingerprint density at radius 1 is 0.381 bits per heavy atom. The molecule has 4 aromatic carbocycles. The maximum absolute atomic E-state index is 12.6. The molecule has 2 unspecified atom stereocenters. The van der Waals surface area contributed by atoms with E-state index >= 15 is 0 Å². The predicted molar refractivity (Wildman–Crippen MR) is 456 cm³/mol. The van der Waals surface area contributed by atoms with E-state index in [4.69, 9.17) is 0 Å². The number of anilines is 8. The second kappa shape index (κ2) is 48.6. The fourth-order valence-corrected chi connectivity index (χ4v) is 15.2. The van der Waals surface area contributed by atoms with Gasteiger partial charge in [0.1, 0.15) is 23.8 Å². The van der Waals surface area contributed by atoms with Crippen molar-refractivity contribution in [2.45, 2.75) is 160 Å². The molecule has 2 saturated carbocycles. The first kappa shape index (κ1) is 99.3. The average Bonchev–Trinajstić information content (AvgIpc) is 1.75. The van der Waals surface area contributed by atoms with E-state index in [-0.39, 0.29) is 161 Å². The molecular formula is C83H111BN21O4Y4-4. The molecule has 25 nitrogen and oxygen atoms in total. The van der Waals surface area contributed by atoms with E-state index < -0.39 is 0 Å². The Labute approximate surface area is 767 Å². The minimum Gasteiger partial charge on any atom is -0.405 e. The largest absolute Gasteiger partial charge is 0.405 e. The van der Waals surface area contributed by atoms with Crippen LogP contribution in [0.1, 0.15) is 154 Å². The molecule has 6 fully saturated rings. The number of rotatable bonds is 8. The fraction of sp³-hybridized carbons (Fsp3) is 0.470.